The SMILES string of the molecule is CC.COc1cc(C(=O)O)nc(CN)c1Cl. The highest BCUT2D eigenvalue weighted by molar-refractivity contribution is 6.32. The van der Waals surface area contributed by atoms with Crippen molar-refractivity contribution in [2.45, 2.75) is 20.4 Å². The van der Waals surface area contributed by atoms with Crippen molar-refractivity contribution >= 4 is 17.6 Å². The average Bonchev–Trinajstić information content (AvgIpc) is 2.31. The minimum atomic E-state index is -1.14. The van der Waals surface area contributed by atoms with E-state index in [2.05, 4.69) is 4.98 Å². The van der Waals surface area contributed by atoms with Gasteiger partial charge in [-0.2, -0.15) is 0 Å². The van der Waals surface area contributed by atoms with E-state index in [0.717, 1.165) is 0 Å². The van der Waals surface area contributed by atoms with E-state index in [1.54, 1.807) is 0 Å². The van der Waals surface area contributed by atoms with Crippen LogP contribution in [0, 0.1) is 0 Å². The molecule has 0 unspecified atom stereocenters. The second-order valence-corrected chi connectivity index (χ2v) is 2.86. The number of carboxylic acids is 1. The Bertz CT molecular complexity index is 344. The van der Waals surface area contributed by atoms with Crippen molar-refractivity contribution in [3.05, 3.63) is 22.5 Å². The number of rotatable bonds is 3. The fourth-order valence-corrected chi connectivity index (χ4v) is 1.20. The number of hydrogen-bond donors (Lipinski definition) is 2. The van der Waals surface area contributed by atoms with Gasteiger partial charge in [-0.15, -0.1) is 0 Å². The zero-order valence-corrected chi connectivity index (χ0v) is 10.2. The average molecular weight is 247 g/mol. The van der Waals surface area contributed by atoms with Crippen LogP contribution in [-0.4, -0.2) is 23.2 Å². The summed E-state index contributed by atoms with van der Waals surface area (Å²) in [5, 5.41) is 8.96. The number of nitrogens with two attached hydrogens (primary N) is 1. The molecule has 0 radical (unpaired) electrons. The fraction of sp³-hybridized carbons (Fsp3) is 0.400. The number of carbonyl (C=O) groups is 1. The zero-order valence-electron chi connectivity index (χ0n) is 9.45. The molecule has 1 aromatic rings. The summed E-state index contributed by atoms with van der Waals surface area (Å²) < 4.78 is 4.89. The Labute approximate surface area is 99.2 Å². The first kappa shape index (κ1) is 14.7. The predicted octanol–water partition coefficient (Wildman–Crippen LogP) is 1.93. The first-order valence-electron chi connectivity index (χ1n) is 4.77. The molecule has 0 spiro atoms. The maximum Gasteiger partial charge on any atom is 0.354 e. The number of aromatic carboxylic acids is 1. The van der Waals surface area contributed by atoms with E-state index in [9.17, 15) is 4.79 Å². The maximum atomic E-state index is 10.6. The standard InChI is InChI=1S/C8H9ClN2O3.C2H6/c1-14-6-2-4(8(12)13)11-5(3-10)7(6)9;1-2/h2H,3,10H2,1H3,(H,12,13);1-2H3. The predicted molar refractivity (Wildman–Crippen MR) is 62.0 cm³/mol. The van der Waals surface area contributed by atoms with Crippen molar-refractivity contribution in [3.63, 3.8) is 0 Å². The van der Waals surface area contributed by atoms with Crippen molar-refractivity contribution in [3.8, 4) is 5.75 Å². The highest BCUT2D eigenvalue weighted by atomic mass is 35.5. The Balaban J connectivity index is 0.00000106. The minimum absolute atomic E-state index is 0.0658. The molecule has 0 amide bonds. The molecule has 3 N–H and O–H groups in total. The summed E-state index contributed by atoms with van der Waals surface area (Å²) in [6.07, 6.45) is 0. The molecule has 0 fully saturated rings. The van der Waals surface area contributed by atoms with Crippen LogP contribution in [0.3, 0.4) is 0 Å². The summed E-state index contributed by atoms with van der Waals surface area (Å²) in [6.45, 7) is 4.07. The van der Waals surface area contributed by atoms with Gasteiger partial charge < -0.3 is 15.6 Å². The number of aromatic nitrogens is 1. The van der Waals surface area contributed by atoms with Gasteiger partial charge in [0.25, 0.3) is 0 Å². The third-order valence-electron chi connectivity index (χ3n) is 1.63. The third kappa shape index (κ3) is 3.36. The lowest BCUT2D eigenvalue weighted by Crippen LogP contribution is -2.08. The van der Waals surface area contributed by atoms with Crippen LogP contribution in [0.5, 0.6) is 5.75 Å². The molecule has 0 saturated heterocycles. The van der Waals surface area contributed by atoms with Crippen molar-refractivity contribution in [1.82, 2.24) is 4.98 Å². The van der Waals surface area contributed by atoms with Crippen molar-refractivity contribution in [2.75, 3.05) is 7.11 Å². The smallest absolute Gasteiger partial charge is 0.354 e. The van der Waals surface area contributed by atoms with Crippen LogP contribution in [0.15, 0.2) is 6.07 Å². The molecule has 0 saturated carbocycles. The van der Waals surface area contributed by atoms with E-state index in [4.69, 9.17) is 27.2 Å². The fourth-order valence-electron chi connectivity index (χ4n) is 0.950. The largest absolute Gasteiger partial charge is 0.495 e. The molecule has 16 heavy (non-hydrogen) atoms. The lowest BCUT2D eigenvalue weighted by Gasteiger charge is -2.07. The van der Waals surface area contributed by atoms with Crippen molar-refractivity contribution in [1.29, 1.82) is 0 Å². The van der Waals surface area contributed by atoms with Gasteiger partial charge in [0.1, 0.15) is 10.8 Å². The molecular weight excluding hydrogens is 232 g/mol. The lowest BCUT2D eigenvalue weighted by molar-refractivity contribution is 0.0689. The summed E-state index contributed by atoms with van der Waals surface area (Å²) in [4.78, 5) is 14.4. The van der Waals surface area contributed by atoms with Crippen LogP contribution >= 0.6 is 11.6 Å². The Morgan fingerprint density at radius 1 is 1.62 bits per heavy atom. The van der Waals surface area contributed by atoms with E-state index >= 15 is 0 Å². The molecule has 1 rings (SSSR count). The molecule has 0 aliphatic carbocycles. The number of nitrogens with zero attached hydrogens (tertiary/aromatic N) is 1. The van der Waals surface area contributed by atoms with E-state index in [1.807, 2.05) is 13.8 Å². The molecule has 5 nitrogen and oxygen atoms in total. The van der Waals surface area contributed by atoms with Gasteiger partial charge in [-0.25, -0.2) is 9.78 Å². The van der Waals surface area contributed by atoms with E-state index in [0.29, 0.717) is 5.69 Å². The van der Waals surface area contributed by atoms with Gasteiger partial charge in [0, 0.05) is 12.6 Å². The molecule has 0 atom stereocenters. The topological polar surface area (TPSA) is 85.4 Å². The summed E-state index contributed by atoms with van der Waals surface area (Å²) in [6, 6.07) is 1.25. The highest BCUT2D eigenvalue weighted by Gasteiger charge is 2.13. The van der Waals surface area contributed by atoms with Gasteiger partial charge in [0.05, 0.1) is 12.8 Å². The Morgan fingerprint density at radius 2 is 2.19 bits per heavy atom. The molecule has 0 bridgehead atoms. The number of methoxy groups -OCH3 is 1. The van der Waals surface area contributed by atoms with Crippen LogP contribution in [0.2, 0.25) is 5.02 Å². The number of hydrogen-bond acceptors (Lipinski definition) is 4. The van der Waals surface area contributed by atoms with Crippen LogP contribution in [0.1, 0.15) is 30.0 Å². The minimum Gasteiger partial charge on any atom is -0.495 e. The summed E-state index contributed by atoms with van der Waals surface area (Å²) in [7, 11) is 1.40. The number of halogens is 1. The van der Waals surface area contributed by atoms with Crippen molar-refractivity contribution in [2.24, 2.45) is 5.73 Å². The Kier molecular flexibility index (Phi) is 6.44. The van der Waals surface area contributed by atoms with Gasteiger partial charge in [0.2, 0.25) is 0 Å². The van der Waals surface area contributed by atoms with Crippen molar-refractivity contribution < 1.29 is 14.6 Å². The van der Waals surface area contributed by atoms with Crippen LogP contribution in [0.25, 0.3) is 0 Å². The van der Waals surface area contributed by atoms with Crippen LogP contribution in [0.4, 0.5) is 0 Å². The molecule has 1 aromatic heterocycles. The van der Waals surface area contributed by atoms with E-state index < -0.39 is 5.97 Å². The van der Waals surface area contributed by atoms with Crippen LogP contribution in [-0.2, 0) is 6.54 Å². The Morgan fingerprint density at radius 3 is 2.56 bits per heavy atom. The molecular formula is C10H15ClN2O3. The third-order valence-corrected chi connectivity index (χ3v) is 2.03. The van der Waals surface area contributed by atoms with Gasteiger partial charge >= 0.3 is 5.97 Å². The first-order chi connectivity index (χ1) is 7.60. The summed E-state index contributed by atoms with van der Waals surface area (Å²) in [5.41, 5.74) is 5.52. The zero-order chi connectivity index (χ0) is 12.7. The van der Waals surface area contributed by atoms with Gasteiger partial charge in [0.15, 0.2) is 5.69 Å². The normalized spacial score (nSPS) is 9.06. The van der Waals surface area contributed by atoms with E-state index in [1.165, 1.54) is 13.2 Å². The van der Waals surface area contributed by atoms with Gasteiger partial charge in [-0.1, -0.05) is 25.4 Å². The van der Waals surface area contributed by atoms with Gasteiger partial charge in [-0.05, 0) is 0 Å². The molecule has 1 heterocycles. The second-order valence-electron chi connectivity index (χ2n) is 2.48. The lowest BCUT2D eigenvalue weighted by atomic mass is 10.2. The number of pyridine rings is 1. The van der Waals surface area contributed by atoms with Gasteiger partial charge in [-0.3, -0.25) is 0 Å². The number of carboxylic acid groups (broad SMARTS) is 1. The molecule has 0 aliphatic rings. The Hall–Kier alpha value is -1.33. The summed E-state index contributed by atoms with van der Waals surface area (Å²) in [5.74, 6) is -0.880. The quantitative estimate of drug-likeness (QED) is 0.851. The van der Waals surface area contributed by atoms with E-state index in [-0.39, 0.29) is 23.0 Å². The summed E-state index contributed by atoms with van der Waals surface area (Å²) >= 11 is 5.83. The van der Waals surface area contributed by atoms with Crippen LogP contribution < -0.4 is 10.5 Å². The molecule has 0 aromatic carbocycles. The molecule has 90 valence electrons. The number of ether oxygens (including phenoxy) is 1. The molecule has 0 aliphatic heterocycles. The monoisotopic (exact) mass is 246 g/mol. The highest BCUT2D eigenvalue weighted by Crippen LogP contribution is 2.27. The maximum absolute atomic E-state index is 10.6. The molecule has 6 heteroatoms. The second kappa shape index (κ2) is 7.03. The first-order valence-corrected chi connectivity index (χ1v) is 5.14.